The molecule has 39 heavy (non-hydrogen) atoms. The van der Waals surface area contributed by atoms with Gasteiger partial charge in [0, 0.05) is 18.3 Å². The van der Waals surface area contributed by atoms with Gasteiger partial charge in [-0.2, -0.15) is 0 Å². The topological polar surface area (TPSA) is 78.9 Å². The van der Waals surface area contributed by atoms with Crippen LogP contribution in [0.3, 0.4) is 0 Å². The Morgan fingerprint density at radius 3 is 2.33 bits per heavy atom. The van der Waals surface area contributed by atoms with Crippen LogP contribution in [0.15, 0.2) is 11.6 Å². The van der Waals surface area contributed by atoms with E-state index in [-0.39, 0.29) is 76.5 Å². The van der Waals surface area contributed by atoms with Gasteiger partial charge < -0.3 is 13.9 Å². The number of fused-ring (bicyclic) bond motifs is 1. The van der Waals surface area contributed by atoms with Crippen molar-refractivity contribution in [2.75, 3.05) is 0 Å². The molecule has 0 radical (unpaired) electrons. The fourth-order valence-corrected chi connectivity index (χ4v) is 7.63. The molecule has 2 aliphatic carbocycles. The maximum atomic E-state index is 13.1. The molecule has 0 bridgehead atoms. The minimum atomic E-state index is -2.03. The molecule has 0 spiro atoms. The van der Waals surface area contributed by atoms with Crippen LogP contribution in [0.25, 0.3) is 0 Å². The molecule has 6 nitrogen and oxygen atoms in total. The zero-order chi connectivity index (χ0) is 29.5. The zero-order valence-electron chi connectivity index (χ0n) is 25.8. The highest BCUT2D eigenvalue weighted by molar-refractivity contribution is 6.74. The Morgan fingerprint density at radius 1 is 1.10 bits per heavy atom. The Morgan fingerprint density at radius 2 is 1.74 bits per heavy atom. The normalized spacial score (nSPS) is 34.2. The predicted octanol–water partition coefficient (Wildman–Crippen LogP) is 7.24. The Kier molecular flexibility index (Phi) is 9.92. The second kappa shape index (κ2) is 12.0. The molecule has 0 aromatic heterocycles. The summed E-state index contributed by atoms with van der Waals surface area (Å²) in [4.78, 5) is 38.8. The van der Waals surface area contributed by atoms with E-state index >= 15 is 0 Å². The summed E-state index contributed by atoms with van der Waals surface area (Å²) in [6.07, 6.45) is 4.60. The summed E-state index contributed by atoms with van der Waals surface area (Å²) in [7, 11) is -2.03. The molecule has 0 unspecified atom stereocenters. The van der Waals surface area contributed by atoms with E-state index in [0.717, 1.165) is 5.57 Å². The van der Waals surface area contributed by atoms with E-state index in [1.807, 2.05) is 27.7 Å². The van der Waals surface area contributed by atoms with Crippen molar-refractivity contribution < 1.29 is 28.3 Å². The number of hydrogen-bond acceptors (Lipinski definition) is 6. The molecule has 0 amide bonds. The van der Waals surface area contributed by atoms with Crippen LogP contribution in [-0.2, 0) is 28.3 Å². The third kappa shape index (κ3) is 7.18. The fourth-order valence-electron chi connectivity index (χ4n) is 5.95. The number of carbonyl (C=O) groups is 3. The number of cyclic esters (lactones) is 1. The summed E-state index contributed by atoms with van der Waals surface area (Å²) in [5.74, 6) is -0.652. The molecule has 3 rings (SSSR count). The number of carbonyl (C=O) groups excluding carboxylic acids is 3. The summed E-state index contributed by atoms with van der Waals surface area (Å²) in [6, 6.07) is 0. The van der Waals surface area contributed by atoms with Gasteiger partial charge in [0.25, 0.3) is 0 Å². The summed E-state index contributed by atoms with van der Waals surface area (Å²) in [6.45, 7) is 20.8. The molecular weight excluding hydrogens is 532 g/mol. The Hall–Kier alpha value is -1.18. The van der Waals surface area contributed by atoms with Crippen LogP contribution in [0.5, 0.6) is 0 Å². The van der Waals surface area contributed by atoms with Gasteiger partial charge >= 0.3 is 11.9 Å². The largest absolute Gasteiger partial charge is 0.462 e. The summed E-state index contributed by atoms with van der Waals surface area (Å²) in [5.41, 5.74) is 0.321. The summed E-state index contributed by atoms with van der Waals surface area (Å²) < 4.78 is 18.6. The molecule has 0 N–H and O–H groups in total. The maximum absolute atomic E-state index is 13.1. The van der Waals surface area contributed by atoms with Crippen molar-refractivity contribution in [3.8, 4) is 0 Å². The van der Waals surface area contributed by atoms with E-state index in [0.29, 0.717) is 32.1 Å². The number of allylic oxidation sites excluding steroid dienone is 1. The van der Waals surface area contributed by atoms with Crippen molar-refractivity contribution in [3.05, 3.63) is 11.6 Å². The van der Waals surface area contributed by atoms with Crippen LogP contribution in [-0.4, -0.2) is 49.7 Å². The first-order chi connectivity index (χ1) is 17.9. The van der Waals surface area contributed by atoms with Gasteiger partial charge in [-0.25, -0.2) is 0 Å². The van der Waals surface area contributed by atoms with E-state index in [1.165, 1.54) is 0 Å². The highest BCUT2D eigenvalue weighted by atomic mass is 35.5. The number of ketones is 1. The second-order valence-corrected chi connectivity index (χ2v) is 19.7. The van der Waals surface area contributed by atoms with Gasteiger partial charge in [-0.1, -0.05) is 41.5 Å². The van der Waals surface area contributed by atoms with E-state index in [9.17, 15) is 14.4 Å². The Labute approximate surface area is 242 Å². The maximum Gasteiger partial charge on any atom is 0.311 e. The first kappa shape index (κ1) is 32.3. The average molecular weight is 583 g/mol. The lowest BCUT2D eigenvalue weighted by Gasteiger charge is -2.47. The number of halogens is 1. The van der Waals surface area contributed by atoms with Crippen molar-refractivity contribution in [1.82, 2.24) is 0 Å². The highest BCUT2D eigenvalue weighted by Gasteiger charge is 2.50. The molecule has 8 heteroatoms. The summed E-state index contributed by atoms with van der Waals surface area (Å²) in [5, 5.41) is -0.211. The van der Waals surface area contributed by atoms with E-state index in [2.05, 4.69) is 40.8 Å². The van der Waals surface area contributed by atoms with E-state index in [1.54, 1.807) is 6.08 Å². The van der Waals surface area contributed by atoms with Crippen molar-refractivity contribution in [2.24, 2.45) is 29.1 Å². The number of rotatable bonds is 8. The molecule has 2 fully saturated rings. The van der Waals surface area contributed by atoms with Crippen LogP contribution in [0.1, 0.15) is 93.9 Å². The predicted molar refractivity (Wildman–Crippen MR) is 157 cm³/mol. The quantitative estimate of drug-likeness (QED) is 0.170. The molecule has 222 valence electrons. The minimum Gasteiger partial charge on any atom is -0.462 e. The van der Waals surface area contributed by atoms with Gasteiger partial charge in [-0.3, -0.25) is 14.4 Å². The first-order valence-electron chi connectivity index (χ1n) is 14.9. The molecule has 1 aliphatic heterocycles. The lowest BCUT2D eigenvalue weighted by molar-refractivity contribution is -0.167. The molecular formula is C31H51ClO6Si. The lowest BCUT2D eigenvalue weighted by Crippen LogP contribution is -2.49. The van der Waals surface area contributed by atoms with Crippen LogP contribution in [0.2, 0.25) is 18.1 Å². The van der Waals surface area contributed by atoms with Crippen LogP contribution >= 0.6 is 11.6 Å². The first-order valence-corrected chi connectivity index (χ1v) is 18.2. The molecule has 0 aromatic carbocycles. The highest BCUT2D eigenvalue weighted by Crippen LogP contribution is 2.49. The standard InChI is InChI=1S/C31H51ClO6Si/c1-11-31(7,8)29(35)37-25-14-18(2)28(32)23-17-24(33)19(3)22(27(23)25)13-12-20-15-21(16-26(34)36-20)38-39(9,10)30(4,5)6/h17-22,25,27-28H,11-16H2,1-10H3/t18-,19+,20-,21-,22-,25+,27+,28+/m1/s1. The molecule has 1 saturated heterocycles. The zero-order valence-corrected chi connectivity index (χ0v) is 27.5. The minimum absolute atomic E-state index is 0.0471. The Bertz CT molecular complexity index is 967. The van der Waals surface area contributed by atoms with Crippen molar-refractivity contribution in [3.63, 3.8) is 0 Å². The van der Waals surface area contributed by atoms with Crippen LogP contribution in [0.4, 0.5) is 0 Å². The SMILES string of the molecule is CCC(C)(C)C(=O)O[C@H]1C[C@@H](C)[C@H](Cl)C2=CC(=O)[C@@H](C)[C@@H](CC[C@@H]3C[C@@H](O[Si](C)(C)C(C)(C)C)CC(=O)O3)[C@@H]21. The van der Waals surface area contributed by atoms with E-state index in [4.69, 9.17) is 25.5 Å². The van der Waals surface area contributed by atoms with Crippen molar-refractivity contribution in [2.45, 2.75) is 136 Å². The number of ether oxygens (including phenoxy) is 2. The molecule has 1 heterocycles. The Balaban J connectivity index is 1.80. The van der Waals surface area contributed by atoms with Gasteiger partial charge in [0.2, 0.25) is 0 Å². The molecule has 3 aliphatic rings. The van der Waals surface area contributed by atoms with Gasteiger partial charge in [-0.05, 0) is 81.1 Å². The number of hydrogen-bond donors (Lipinski definition) is 0. The third-order valence-electron chi connectivity index (χ3n) is 10.1. The van der Waals surface area contributed by atoms with Crippen molar-refractivity contribution >= 4 is 37.6 Å². The smallest absolute Gasteiger partial charge is 0.311 e. The van der Waals surface area contributed by atoms with Gasteiger partial charge in [0.05, 0.1) is 23.3 Å². The van der Waals surface area contributed by atoms with Gasteiger partial charge in [0.15, 0.2) is 14.1 Å². The fraction of sp³-hybridized carbons (Fsp3) is 0.839. The average Bonchev–Trinajstić information content (AvgIpc) is 2.81. The molecule has 1 saturated carbocycles. The number of esters is 2. The van der Waals surface area contributed by atoms with E-state index < -0.39 is 13.7 Å². The van der Waals surface area contributed by atoms with Crippen molar-refractivity contribution in [1.29, 1.82) is 0 Å². The number of alkyl halides is 1. The second-order valence-electron chi connectivity index (χ2n) is 14.5. The molecule has 0 aromatic rings. The van der Waals surface area contributed by atoms with Crippen LogP contribution in [0, 0.1) is 29.1 Å². The lowest BCUT2D eigenvalue weighted by atomic mass is 9.62. The third-order valence-corrected chi connectivity index (χ3v) is 15.3. The van der Waals surface area contributed by atoms with Crippen LogP contribution < -0.4 is 0 Å². The van der Waals surface area contributed by atoms with Gasteiger partial charge in [0.1, 0.15) is 12.2 Å². The molecule has 8 atom stereocenters. The summed E-state index contributed by atoms with van der Waals surface area (Å²) >= 11 is 6.88. The van der Waals surface area contributed by atoms with Gasteiger partial charge in [-0.15, -0.1) is 11.6 Å². The monoisotopic (exact) mass is 582 g/mol.